The normalized spacial score (nSPS) is 10.4. The van der Waals surface area contributed by atoms with E-state index in [1.165, 1.54) is 12.1 Å². The topological polar surface area (TPSA) is 22.1 Å². The lowest BCUT2D eigenvalue weighted by Crippen LogP contribution is -1.89. The SMILES string of the molecule is Clc1cccc(Oc2cc(Cl)c(Cl)cc2Cl)n1. The first-order valence-electron chi connectivity index (χ1n) is 4.51. The van der Waals surface area contributed by atoms with Crippen molar-refractivity contribution in [1.29, 1.82) is 0 Å². The molecule has 0 radical (unpaired) electrons. The predicted octanol–water partition coefficient (Wildman–Crippen LogP) is 5.49. The molecule has 0 aliphatic heterocycles. The standard InChI is InChI=1S/C11H5Cl4NO/c12-6-4-8(14)9(5-7(6)13)17-11-3-1-2-10(15)16-11/h1-5H. The van der Waals surface area contributed by atoms with Crippen LogP contribution in [0.15, 0.2) is 30.3 Å². The van der Waals surface area contributed by atoms with E-state index in [0.29, 0.717) is 31.9 Å². The first-order chi connectivity index (χ1) is 8.06. The van der Waals surface area contributed by atoms with Gasteiger partial charge in [0, 0.05) is 12.1 Å². The van der Waals surface area contributed by atoms with E-state index in [1.807, 2.05) is 0 Å². The number of benzene rings is 1. The molecule has 0 saturated carbocycles. The number of aromatic nitrogens is 1. The molecule has 0 bridgehead atoms. The molecule has 0 saturated heterocycles. The van der Waals surface area contributed by atoms with Crippen molar-refractivity contribution in [3.63, 3.8) is 0 Å². The van der Waals surface area contributed by atoms with Gasteiger partial charge in [0.05, 0.1) is 15.1 Å². The summed E-state index contributed by atoms with van der Waals surface area (Å²) in [5.74, 6) is 0.702. The molecular weight excluding hydrogens is 304 g/mol. The van der Waals surface area contributed by atoms with Crippen LogP contribution in [0.1, 0.15) is 0 Å². The minimum Gasteiger partial charge on any atom is -0.437 e. The largest absolute Gasteiger partial charge is 0.437 e. The van der Waals surface area contributed by atoms with Crippen molar-refractivity contribution >= 4 is 46.4 Å². The zero-order chi connectivity index (χ0) is 12.4. The molecule has 2 rings (SSSR count). The van der Waals surface area contributed by atoms with E-state index >= 15 is 0 Å². The average molecular weight is 309 g/mol. The molecule has 2 nitrogen and oxygen atoms in total. The van der Waals surface area contributed by atoms with Crippen LogP contribution in [0.25, 0.3) is 0 Å². The predicted molar refractivity (Wildman–Crippen MR) is 70.8 cm³/mol. The summed E-state index contributed by atoms with van der Waals surface area (Å²) in [6.07, 6.45) is 0. The van der Waals surface area contributed by atoms with Crippen LogP contribution in [-0.2, 0) is 0 Å². The molecule has 17 heavy (non-hydrogen) atoms. The van der Waals surface area contributed by atoms with Crippen LogP contribution in [0, 0.1) is 0 Å². The number of nitrogens with zero attached hydrogens (tertiary/aromatic N) is 1. The maximum absolute atomic E-state index is 5.96. The van der Waals surface area contributed by atoms with E-state index in [-0.39, 0.29) is 0 Å². The highest BCUT2D eigenvalue weighted by Crippen LogP contribution is 2.35. The van der Waals surface area contributed by atoms with Crippen molar-refractivity contribution in [2.75, 3.05) is 0 Å². The monoisotopic (exact) mass is 307 g/mol. The Labute approximate surface area is 118 Å². The first kappa shape index (κ1) is 12.8. The molecule has 0 unspecified atom stereocenters. The van der Waals surface area contributed by atoms with Gasteiger partial charge in [-0.25, -0.2) is 4.98 Å². The van der Waals surface area contributed by atoms with Crippen molar-refractivity contribution in [3.05, 3.63) is 50.6 Å². The highest BCUT2D eigenvalue weighted by Gasteiger charge is 2.08. The van der Waals surface area contributed by atoms with Gasteiger partial charge in [0.2, 0.25) is 5.88 Å². The molecule has 0 N–H and O–H groups in total. The summed E-state index contributed by atoms with van der Waals surface area (Å²) in [4.78, 5) is 3.97. The Bertz CT molecular complexity index is 559. The zero-order valence-corrected chi connectivity index (χ0v) is 11.3. The van der Waals surface area contributed by atoms with Crippen LogP contribution in [0.5, 0.6) is 11.6 Å². The Kier molecular flexibility index (Phi) is 4.00. The third-order valence-electron chi connectivity index (χ3n) is 1.88. The lowest BCUT2D eigenvalue weighted by atomic mass is 10.3. The Hall–Kier alpha value is -0.670. The first-order valence-corrected chi connectivity index (χ1v) is 6.02. The molecule has 1 heterocycles. The van der Waals surface area contributed by atoms with E-state index in [2.05, 4.69) is 4.98 Å². The van der Waals surface area contributed by atoms with Crippen LogP contribution in [0.2, 0.25) is 20.2 Å². The van der Waals surface area contributed by atoms with Gasteiger partial charge < -0.3 is 4.74 Å². The second-order valence-electron chi connectivity index (χ2n) is 3.10. The summed E-state index contributed by atoms with van der Waals surface area (Å²) in [5, 5.41) is 1.40. The molecule has 88 valence electrons. The molecule has 0 atom stereocenters. The molecule has 1 aromatic heterocycles. The average Bonchev–Trinajstić information content (AvgIpc) is 2.26. The number of rotatable bonds is 2. The Morgan fingerprint density at radius 2 is 1.59 bits per heavy atom. The van der Waals surface area contributed by atoms with Gasteiger partial charge in [-0.1, -0.05) is 52.5 Å². The number of pyridine rings is 1. The van der Waals surface area contributed by atoms with Gasteiger partial charge in [-0.05, 0) is 12.1 Å². The van der Waals surface area contributed by atoms with E-state index in [1.54, 1.807) is 18.2 Å². The fourth-order valence-electron chi connectivity index (χ4n) is 1.14. The second kappa shape index (κ2) is 5.32. The van der Waals surface area contributed by atoms with Gasteiger partial charge in [-0.15, -0.1) is 0 Å². The van der Waals surface area contributed by atoms with Gasteiger partial charge in [-0.2, -0.15) is 0 Å². The summed E-state index contributed by atoms with van der Waals surface area (Å²) in [6, 6.07) is 8.05. The molecule has 1 aromatic carbocycles. The lowest BCUT2D eigenvalue weighted by molar-refractivity contribution is 0.463. The van der Waals surface area contributed by atoms with Crippen LogP contribution < -0.4 is 4.74 Å². The minimum atomic E-state index is 0.331. The summed E-state index contributed by atoms with van der Waals surface area (Å²) < 4.78 is 5.46. The second-order valence-corrected chi connectivity index (χ2v) is 4.71. The highest BCUT2D eigenvalue weighted by atomic mass is 35.5. The fraction of sp³-hybridized carbons (Fsp3) is 0. The summed E-state index contributed by atoms with van der Waals surface area (Å²) in [5.41, 5.74) is 0. The molecule has 0 amide bonds. The molecule has 2 aromatic rings. The molecule has 0 fully saturated rings. The van der Waals surface area contributed by atoms with Gasteiger partial charge in [0.15, 0.2) is 0 Å². The Balaban J connectivity index is 2.33. The van der Waals surface area contributed by atoms with Gasteiger partial charge in [0.1, 0.15) is 10.9 Å². The van der Waals surface area contributed by atoms with Gasteiger partial charge >= 0.3 is 0 Å². The maximum Gasteiger partial charge on any atom is 0.220 e. The highest BCUT2D eigenvalue weighted by molar-refractivity contribution is 6.43. The quantitative estimate of drug-likeness (QED) is 0.541. The molecule has 0 aliphatic carbocycles. The summed E-state index contributed by atoms with van der Waals surface area (Å²) in [6.45, 7) is 0. The molecular formula is C11H5Cl4NO. The van der Waals surface area contributed by atoms with Crippen LogP contribution in [0.4, 0.5) is 0 Å². The van der Waals surface area contributed by atoms with E-state index < -0.39 is 0 Å². The van der Waals surface area contributed by atoms with Crippen molar-refractivity contribution in [1.82, 2.24) is 4.98 Å². The zero-order valence-electron chi connectivity index (χ0n) is 8.25. The third kappa shape index (κ3) is 3.17. The van der Waals surface area contributed by atoms with Gasteiger partial charge in [0.25, 0.3) is 0 Å². The molecule has 0 spiro atoms. The summed E-state index contributed by atoms with van der Waals surface area (Å²) >= 11 is 23.4. The third-order valence-corrected chi connectivity index (χ3v) is 3.11. The number of halogens is 4. The van der Waals surface area contributed by atoms with E-state index in [0.717, 1.165) is 0 Å². The summed E-state index contributed by atoms with van der Waals surface area (Å²) in [7, 11) is 0. The molecule has 6 heteroatoms. The number of hydrogen-bond donors (Lipinski definition) is 0. The van der Waals surface area contributed by atoms with Crippen LogP contribution in [-0.4, -0.2) is 4.98 Å². The molecule has 0 aliphatic rings. The van der Waals surface area contributed by atoms with Crippen molar-refractivity contribution in [2.24, 2.45) is 0 Å². The van der Waals surface area contributed by atoms with E-state index in [9.17, 15) is 0 Å². The number of hydrogen-bond acceptors (Lipinski definition) is 2. The van der Waals surface area contributed by atoms with Crippen molar-refractivity contribution < 1.29 is 4.74 Å². The van der Waals surface area contributed by atoms with Gasteiger partial charge in [-0.3, -0.25) is 0 Å². The van der Waals surface area contributed by atoms with Crippen molar-refractivity contribution in [2.45, 2.75) is 0 Å². The smallest absolute Gasteiger partial charge is 0.220 e. The van der Waals surface area contributed by atoms with Crippen molar-refractivity contribution in [3.8, 4) is 11.6 Å². The Morgan fingerprint density at radius 1 is 0.882 bits per heavy atom. The Morgan fingerprint density at radius 3 is 2.29 bits per heavy atom. The maximum atomic E-state index is 5.96. The lowest BCUT2D eigenvalue weighted by Gasteiger charge is -2.08. The van der Waals surface area contributed by atoms with E-state index in [4.69, 9.17) is 51.1 Å². The minimum absolute atomic E-state index is 0.331. The number of ether oxygens (including phenoxy) is 1. The van der Waals surface area contributed by atoms with Crippen LogP contribution >= 0.6 is 46.4 Å². The van der Waals surface area contributed by atoms with Crippen LogP contribution in [0.3, 0.4) is 0 Å². The fourth-order valence-corrected chi connectivity index (χ4v) is 1.87.